The predicted octanol–water partition coefficient (Wildman–Crippen LogP) is 3.11. The minimum atomic E-state index is -4.94. The quantitative estimate of drug-likeness (QED) is 0.568. The van der Waals surface area contributed by atoms with Crippen LogP contribution in [-0.4, -0.2) is 67.6 Å². The van der Waals surface area contributed by atoms with Crippen molar-refractivity contribution in [2.24, 2.45) is 0 Å². The van der Waals surface area contributed by atoms with Crippen LogP contribution in [0.1, 0.15) is 50.2 Å². The maximum atomic E-state index is 13.8. The van der Waals surface area contributed by atoms with Crippen LogP contribution in [-0.2, 0) is 28.8 Å². The number of carbonyl (C=O) groups is 2. The van der Waals surface area contributed by atoms with Gasteiger partial charge in [0.15, 0.2) is 5.82 Å². The summed E-state index contributed by atoms with van der Waals surface area (Å²) in [7, 11) is 0. The topological polar surface area (TPSA) is 89.7 Å². The zero-order chi connectivity index (χ0) is 27.3. The molecule has 2 aliphatic heterocycles. The highest BCUT2D eigenvalue weighted by Crippen LogP contribution is 2.32. The van der Waals surface area contributed by atoms with E-state index in [-0.39, 0.29) is 44.0 Å². The smallest absolute Gasteiger partial charge is 0.419 e. The molecule has 0 saturated carbocycles. The summed E-state index contributed by atoms with van der Waals surface area (Å²) >= 11 is 0. The molecule has 2 atom stereocenters. The number of hydrogen-bond donors (Lipinski definition) is 0. The Balaban J connectivity index is 1.70. The Labute approximate surface area is 208 Å². The highest BCUT2D eigenvalue weighted by Gasteiger charge is 2.41. The Bertz CT molecular complexity index is 1270. The van der Waals surface area contributed by atoms with Gasteiger partial charge in [0, 0.05) is 6.54 Å². The molecule has 0 spiro atoms. The molecule has 1 aromatic heterocycles. The molecule has 4 rings (SSSR count). The van der Waals surface area contributed by atoms with Crippen molar-refractivity contribution in [1.29, 1.82) is 0 Å². The Kier molecular flexibility index (Phi) is 6.80. The van der Waals surface area contributed by atoms with Gasteiger partial charge >= 0.3 is 18.0 Å². The second-order valence-electron chi connectivity index (χ2n) is 10.1. The van der Waals surface area contributed by atoms with Gasteiger partial charge in [-0.1, -0.05) is 6.07 Å². The van der Waals surface area contributed by atoms with Gasteiger partial charge in [-0.05, 0) is 44.9 Å². The van der Waals surface area contributed by atoms with E-state index >= 15 is 0 Å². The fraction of sp³-hybridized carbons (Fsp3) is 0.565. The number of halogens is 5. The summed E-state index contributed by atoms with van der Waals surface area (Å²) in [5.41, 5.74) is -3.17. The summed E-state index contributed by atoms with van der Waals surface area (Å²) in [5.74, 6) is -2.03. The van der Waals surface area contributed by atoms with Crippen LogP contribution >= 0.6 is 0 Å². The van der Waals surface area contributed by atoms with Crippen LogP contribution in [0, 0.1) is 5.82 Å². The summed E-state index contributed by atoms with van der Waals surface area (Å²) in [6.45, 7) is 4.07. The number of alkyl halides is 4. The van der Waals surface area contributed by atoms with Crippen LogP contribution < -0.4 is 5.69 Å². The third-order valence-electron chi connectivity index (χ3n) is 6.03. The second kappa shape index (κ2) is 9.45. The molecule has 0 aliphatic carbocycles. The van der Waals surface area contributed by atoms with Crippen molar-refractivity contribution in [3.8, 4) is 0 Å². The number of hydrogen-bond acceptors (Lipinski definition) is 5. The number of fused-ring (bicyclic) bond motifs is 1. The first-order chi connectivity index (χ1) is 17.1. The number of ether oxygens (including phenoxy) is 1. The van der Waals surface area contributed by atoms with Crippen molar-refractivity contribution in [3.63, 3.8) is 0 Å². The fourth-order valence-corrected chi connectivity index (χ4v) is 4.36. The van der Waals surface area contributed by atoms with E-state index in [0.717, 1.165) is 15.3 Å². The molecular formula is C23H26F5N5O4. The first-order valence-electron chi connectivity index (χ1n) is 11.6. The Morgan fingerprint density at radius 3 is 2.43 bits per heavy atom. The lowest BCUT2D eigenvalue weighted by atomic mass is 10.1. The maximum absolute atomic E-state index is 13.8. The Morgan fingerprint density at radius 1 is 1.14 bits per heavy atom. The van der Waals surface area contributed by atoms with Gasteiger partial charge in [0.1, 0.15) is 23.6 Å². The maximum Gasteiger partial charge on any atom is 0.419 e. The molecule has 0 radical (unpaired) electrons. The van der Waals surface area contributed by atoms with Gasteiger partial charge in [-0.25, -0.2) is 23.1 Å². The van der Waals surface area contributed by atoms with Crippen molar-refractivity contribution >= 4 is 12.0 Å². The lowest BCUT2D eigenvalue weighted by Crippen LogP contribution is -2.51. The number of nitrogens with zero attached hydrogens (tertiary/aromatic N) is 5. The summed E-state index contributed by atoms with van der Waals surface area (Å²) < 4.78 is 74.2. The molecule has 1 saturated heterocycles. The zero-order valence-electron chi connectivity index (χ0n) is 20.4. The lowest BCUT2D eigenvalue weighted by Gasteiger charge is -2.35. The van der Waals surface area contributed by atoms with Crippen molar-refractivity contribution in [2.45, 2.75) is 64.3 Å². The van der Waals surface area contributed by atoms with Crippen molar-refractivity contribution < 1.29 is 36.3 Å². The molecule has 2 amide bonds. The molecule has 2 aromatic rings. The molecular weight excluding hydrogens is 505 g/mol. The molecule has 3 heterocycles. The van der Waals surface area contributed by atoms with Crippen LogP contribution in [0.5, 0.6) is 0 Å². The first kappa shape index (κ1) is 26.6. The van der Waals surface area contributed by atoms with Gasteiger partial charge < -0.3 is 9.64 Å². The fourth-order valence-electron chi connectivity index (χ4n) is 4.36. The number of rotatable bonds is 3. The highest BCUT2D eigenvalue weighted by molar-refractivity contribution is 5.82. The lowest BCUT2D eigenvalue weighted by molar-refractivity contribution is -0.140. The minimum Gasteiger partial charge on any atom is -0.444 e. The Morgan fingerprint density at radius 2 is 1.84 bits per heavy atom. The third-order valence-corrected chi connectivity index (χ3v) is 6.03. The first-order valence-corrected chi connectivity index (χ1v) is 11.6. The highest BCUT2D eigenvalue weighted by atomic mass is 19.4. The van der Waals surface area contributed by atoms with E-state index in [1.54, 1.807) is 20.8 Å². The van der Waals surface area contributed by atoms with E-state index in [1.807, 2.05) is 0 Å². The molecule has 1 aromatic carbocycles. The van der Waals surface area contributed by atoms with E-state index in [0.29, 0.717) is 12.1 Å². The minimum absolute atomic E-state index is 0.00890. The van der Waals surface area contributed by atoms with E-state index in [4.69, 9.17) is 4.74 Å². The summed E-state index contributed by atoms with van der Waals surface area (Å²) in [6.07, 6.45) is -6.76. The number of benzene rings is 1. The summed E-state index contributed by atoms with van der Waals surface area (Å²) in [6, 6.07) is 1.09. The van der Waals surface area contributed by atoms with Gasteiger partial charge in [-0.15, -0.1) is 0 Å². The van der Waals surface area contributed by atoms with Crippen LogP contribution in [0.4, 0.5) is 26.7 Å². The number of amides is 2. The number of aromatic nitrogens is 3. The summed E-state index contributed by atoms with van der Waals surface area (Å²) in [5, 5.41) is 4.16. The van der Waals surface area contributed by atoms with Crippen LogP contribution in [0.3, 0.4) is 0 Å². The Hall–Kier alpha value is -3.45. The van der Waals surface area contributed by atoms with Crippen molar-refractivity contribution in [3.05, 3.63) is 51.5 Å². The molecule has 202 valence electrons. The van der Waals surface area contributed by atoms with E-state index in [9.17, 15) is 36.3 Å². The molecule has 9 nitrogen and oxygen atoms in total. The number of likely N-dealkylation sites (tertiary alicyclic amines) is 1. The van der Waals surface area contributed by atoms with E-state index in [1.165, 1.54) is 9.80 Å². The average molecular weight is 531 g/mol. The van der Waals surface area contributed by atoms with Crippen molar-refractivity contribution in [2.75, 3.05) is 19.6 Å². The average Bonchev–Trinajstić information content (AvgIpc) is 3.35. The predicted molar refractivity (Wildman–Crippen MR) is 119 cm³/mol. The van der Waals surface area contributed by atoms with E-state index in [2.05, 4.69) is 5.10 Å². The van der Waals surface area contributed by atoms with Crippen LogP contribution in [0.2, 0.25) is 0 Å². The van der Waals surface area contributed by atoms with Gasteiger partial charge in [-0.3, -0.25) is 14.3 Å². The number of carbonyl (C=O) groups excluding carboxylic acids is 2. The zero-order valence-corrected chi connectivity index (χ0v) is 20.4. The van der Waals surface area contributed by atoms with Gasteiger partial charge in [0.2, 0.25) is 5.91 Å². The monoisotopic (exact) mass is 531 g/mol. The third kappa shape index (κ3) is 5.62. The normalized spacial score (nSPS) is 20.2. The standard InChI is InChI=1S/C23H26F5N5O4/c1-22(2,3)37-21(36)31-11-17(19(34)30-7-6-14(24)10-30)33-18(12-31)29-32(20(33)35)9-13-4-5-16(25)15(8-13)23(26,27)28/h4-5,8,14,17H,6-7,9-12H2,1-3H3/t14-,17+/m0/s1. The molecule has 0 unspecified atom stereocenters. The molecule has 14 heteroatoms. The van der Waals surface area contributed by atoms with Crippen LogP contribution in [0.15, 0.2) is 23.0 Å². The van der Waals surface area contributed by atoms with E-state index < -0.39 is 59.6 Å². The molecule has 0 N–H and O–H groups in total. The molecule has 2 aliphatic rings. The second-order valence-corrected chi connectivity index (χ2v) is 10.1. The SMILES string of the molecule is CC(C)(C)OC(=O)N1Cc2nn(Cc3ccc(F)c(C(F)(F)F)c3)c(=O)n2[C@@H](C(=O)N2CC[C@H](F)C2)C1. The van der Waals surface area contributed by atoms with Gasteiger partial charge in [0.25, 0.3) is 0 Å². The molecule has 1 fully saturated rings. The van der Waals surface area contributed by atoms with Gasteiger partial charge in [-0.2, -0.15) is 18.3 Å². The largest absolute Gasteiger partial charge is 0.444 e. The molecule has 0 bridgehead atoms. The van der Waals surface area contributed by atoms with Crippen LogP contribution in [0.25, 0.3) is 0 Å². The van der Waals surface area contributed by atoms with Crippen molar-refractivity contribution in [1.82, 2.24) is 24.1 Å². The van der Waals surface area contributed by atoms with Gasteiger partial charge in [0.05, 0.1) is 31.7 Å². The molecule has 37 heavy (non-hydrogen) atoms. The summed E-state index contributed by atoms with van der Waals surface area (Å²) in [4.78, 5) is 41.8.